The van der Waals surface area contributed by atoms with Crippen LogP contribution in [0.15, 0.2) is 107 Å². The minimum atomic E-state index is -0.205. The van der Waals surface area contributed by atoms with Gasteiger partial charge in [-0.3, -0.25) is 14.8 Å². The number of aryl methyl sites for hydroxylation is 2. The minimum absolute atomic E-state index is 0. The van der Waals surface area contributed by atoms with Crippen molar-refractivity contribution in [1.82, 2.24) is 19.6 Å². The van der Waals surface area contributed by atoms with E-state index in [4.69, 9.17) is 0 Å². The first kappa shape index (κ1) is 37.5. The Balaban J connectivity index is 0.000000224. The van der Waals surface area contributed by atoms with Gasteiger partial charge in [0, 0.05) is 41.2 Å². The fraction of sp³-hybridized carbons (Fsp3) is 0.105. The van der Waals surface area contributed by atoms with Gasteiger partial charge in [-0.25, -0.2) is 9.36 Å². The largest absolute Gasteiger partial charge is 0.506 e. The maximum absolute atomic E-state index is 11.7. The number of Topliss-reactive ketones (excluding diaryl/α,β-unsaturated/α-hetero) is 1. The van der Waals surface area contributed by atoms with Crippen LogP contribution in [0.4, 0.5) is 11.4 Å². The number of para-hydroxylation sites is 4. The Morgan fingerprint density at radius 1 is 0.667 bits per heavy atom. The third-order valence-electron chi connectivity index (χ3n) is 7.61. The zero-order chi connectivity index (χ0) is 35.8. The van der Waals surface area contributed by atoms with Gasteiger partial charge in [-0.05, 0) is 68.8 Å². The Morgan fingerprint density at radius 2 is 1.12 bits per heavy atom. The number of aliphatic imine (C=N–C) groups is 2. The molecule has 51 heavy (non-hydrogen) atoms. The van der Waals surface area contributed by atoms with E-state index in [0.717, 1.165) is 17.7 Å². The second-order valence-corrected chi connectivity index (χ2v) is 11.0. The number of nitrogens with zero attached hydrogens (tertiary/aromatic N) is 6. The molecule has 13 heteroatoms. The molecule has 0 fully saturated rings. The molecule has 0 saturated carbocycles. The van der Waals surface area contributed by atoms with Crippen molar-refractivity contribution < 1.29 is 46.8 Å². The number of benzene rings is 4. The van der Waals surface area contributed by atoms with Crippen molar-refractivity contribution in [3.63, 3.8) is 0 Å². The van der Waals surface area contributed by atoms with Gasteiger partial charge in [-0.15, -0.1) is 0 Å². The van der Waals surface area contributed by atoms with E-state index in [9.17, 15) is 30.0 Å². The molecule has 0 aliphatic rings. The van der Waals surface area contributed by atoms with Crippen molar-refractivity contribution >= 4 is 35.9 Å². The van der Waals surface area contributed by atoms with E-state index in [0.29, 0.717) is 39.3 Å². The van der Waals surface area contributed by atoms with Crippen LogP contribution >= 0.6 is 0 Å². The van der Waals surface area contributed by atoms with Crippen LogP contribution in [0.3, 0.4) is 0 Å². The number of aromatic nitrogens is 4. The molecule has 0 atom stereocenters. The van der Waals surface area contributed by atoms with E-state index < -0.39 is 0 Å². The predicted molar refractivity (Wildman–Crippen MR) is 190 cm³/mol. The molecule has 4 N–H and O–H groups in total. The van der Waals surface area contributed by atoms with Gasteiger partial charge >= 0.3 is 0 Å². The van der Waals surface area contributed by atoms with Gasteiger partial charge in [0.05, 0.1) is 33.9 Å². The molecule has 261 valence electrons. The van der Waals surface area contributed by atoms with E-state index in [2.05, 4.69) is 20.2 Å². The molecule has 2 aromatic heterocycles. The summed E-state index contributed by atoms with van der Waals surface area (Å²) in [4.78, 5) is 31.0. The predicted octanol–water partition coefficient (Wildman–Crippen LogP) is 6.63. The third kappa shape index (κ3) is 8.47. The summed E-state index contributed by atoms with van der Waals surface area (Å²) in [5.41, 5.74) is 4.87. The maximum Gasteiger partial charge on any atom is 0.223 e. The second-order valence-electron chi connectivity index (χ2n) is 11.0. The number of carbonyl (C=O) groups is 2. The fourth-order valence-electron chi connectivity index (χ4n) is 5.05. The minimum Gasteiger partial charge on any atom is -0.506 e. The Hall–Kier alpha value is -6.31. The Morgan fingerprint density at radius 3 is 1.59 bits per heavy atom. The number of carbonyl (C=O) groups excluding carboxylic acids is 2. The topological polar surface area (TPSA) is 175 Å². The molecule has 12 nitrogen and oxygen atoms in total. The molecule has 1 radical (unpaired) electrons. The Kier molecular flexibility index (Phi) is 12.4. The van der Waals surface area contributed by atoms with Crippen molar-refractivity contribution in [3.05, 3.63) is 131 Å². The average molecular weight is 730 g/mol. The van der Waals surface area contributed by atoms with Crippen LogP contribution < -0.4 is 0 Å². The van der Waals surface area contributed by atoms with Crippen molar-refractivity contribution in [2.45, 2.75) is 27.2 Å². The second kappa shape index (κ2) is 16.9. The van der Waals surface area contributed by atoms with Gasteiger partial charge in [0.15, 0.2) is 5.78 Å². The SMILES string of the molecule is CC(=O)c1cccc(O)c1N=Cc1c(C)nn(-c2ccccc2)c1O.Cc1nn(-c2ccccc2)c(O)c1C=Nc1c(O)cccc1CC=O.[Co]. The summed E-state index contributed by atoms with van der Waals surface area (Å²) >= 11 is 0. The van der Waals surface area contributed by atoms with Gasteiger partial charge < -0.3 is 25.2 Å². The molecular weight excluding hydrogens is 695 g/mol. The molecule has 4 aromatic carbocycles. The number of phenolic OH excluding ortho intramolecular Hbond substituents is 2. The molecule has 0 aliphatic carbocycles. The summed E-state index contributed by atoms with van der Waals surface area (Å²) in [6.07, 6.45) is 3.75. The normalized spacial score (nSPS) is 10.9. The number of ketones is 1. The number of phenols is 2. The quantitative estimate of drug-likeness (QED) is 0.0729. The molecule has 0 bridgehead atoms. The van der Waals surface area contributed by atoms with Crippen molar-refractivity contribution in [3.8, 4) is 34.6 Å². The third-order valence-corrected chi connectivity index (χ3v) is 7.61. The summed E-state index contributed by atoms with van der Waals surface area (Å²) in [7, 11) is 0. The first-order valence-corrected chi connectivity index (χ1v) is 15.4. The van der Waals surface area contributed by atoms with Crippen LogP contribution in [0.5, 0.6) is 23.3 Å². The summed E-state index contributed by atoms with van der Waals surface area (Å²) < 4.78 is 2.83. The van der Waals surface area contributed by atoms with E-state index in [1.54, 1.807) is 38.1 Å². The van der Waals surface area contributed by atoms with E-state index in [1.807, 2.05) is 60.7 Å². The average Bonchev–Trinajstić information content (AvgIpc) is 3.57. The zero-order valence-electron chi connectivity index (χ0n) is 27.8. The van der Waals surface area contributed by atoms with Crippen molar-refractivity contribution in [2.24, 2.45) is 9.98 Å². The molecule has 0 aliphatic heterocycles. The molecule has 2 heterocycles. The Bertz CT molecular complexity index is 2210. The molecule has 0 spiro atoms. The molecule has 0 unspecified atom stereocenters. The number of aromatic hydroxyl groups is 4. The number of rotatable bonds is 9. The van der Waals surface area contributed by atoms with Gasteiger partial charge in [-0.1, -0.05) is 54.6 Å². The summed E-state index contributed by atoms with van der Waals surface area (Å²) in [6, 6.07) is 28.0. The van der Waals surface area contributed by atoms with E-state index >= 15 is 0 Å². The Labute approximate surface area is 303 Å². The van der Waals surface area contributed by atoms with Crippen LogP contribution in [-0.2, 0) is 28.0 Å². The van der Waals surface area contributed by atoms with E-state index in [-0.39, 0.29) is 57.9 Å². The molecule has 6 aromatic rings. The summed E-state index contributed by atoms with van der Waals surface area (Å²) in [6.45, 7) is 4.92. The molecule has 0 amide bonds. The summed E-state index contributed by atoms with van der Waals surface area (Å²) in [5.74, 6) is -0.434. The number of hydrogen-bond acceptors (Lipinski definition) is 10. The monoisotopic (exact) mass is 729 g/mol. The maximum atomic E-state index is 11.7. The van der Waals surface area contributed by atoms with Crippen LogP contribution in [0.2, 0.25) is 0 Å². The van der Waals surface area contributed by atoms with E-state index in [1.165, 1.54) is 40.8 Å². The molecule has 0 saturated heterocycles. The summed E-state index contributed by atoms with van der Waals surface area (Å²) in [5, 5.41) is 49.6. The van der Waals surface area contributed by atoms with Crippen LogP contribution in [0.25, 0.3) is 11.4 Å². The standard InChI is InChI=1S/2C19H17N3O3.Co/c1-12-16(19(25)22(21-12)14-7-4-3-5-8-14)11-20-18-15(13(2)23)9-6-10-17(18)24;1-13-16(19(25)22(21-13)15-7-3-2-4-8-15)12-20-18-14(10-11-23)6-5-9-17(18)24;/h3-11,24-25H,1-2H3;2-9,11-12,24-25H,10H2,1H3;. The number of aldehydes is 1. The number of hydrogen-bond donors (Lipinski definition) is 4. The van der Waals surface area contributed by atoms with Gasteiger partial charge in [0.1, 0.15) is 29.2 Å². The first-order chi connectivity index (χ1) is 24.1. The smallest absolute Gasteiger partial charge is 0.223 e. The zero-order valence-corrected chi connectivity index (χ0v) is 28.8. The molecular formula is C38H34CoN6O6. The molecule has 6 rings (SSSR count). The van der Waals surface area contributed by atoms with Crippen molar-refractivity contribution in [1.29, 1.82) is 0 Å². The van der Waals surface area contributed by atoms with Crippen LogP contribution in [-0.4, -0.2) is 64.5 Å². The van der Waals surface area contributed by atoms with Crippen LogP contribution in [0.1, 0.15) is 45.4 Å². The van der Waals surface area contributed by atoms with Crippen molar-refractivity contribution in [2.75, 3.05) is 0 Å². The van der Waals surface area contributed by atoms with Gasteiger partial charge in [0.25, 0.3) is 0 Å². The van der Waals surface area contributed by atoms with Gasteiger partial charge in [-0.2, -0.15) is 10.2 Å². The first-order valence-electron chi connectivity index (χ1n) is 15.4. The van der Waals surface area contributed by atoms with Gasteiger partial charge in [0.2, 0.25) is 11.8 Å². The van der Waals surface area contributed by atoms with Crippen LogP contribution in [0, 0.1) is 13.8 Å². The fourth-order valence-corrected chi connectivity index (χ4v) is 5.05.